The number of aryl methyl sites for hydroxylation is 1. The third kappa shape index (κ3) is 4.15. The highest BCUT2D eigenvalue weighted by molar-refractivity contribution is 5.77. The predicted molar refractivity (Wildman–Crippen MR) is 112 cm³/mol. The Kier molecular flexibility index (Phi) is 5.54. The molecular formula is C25H27N2O+. The summed E-state index contributed by atoms with van der Waals surface area (Å²) in [6.07, 6.45) is 0.946. The van der Waals surface area contributed by atoms with Crippen molar-refractivity contribution >= 4 is 5.91 Å². The lowest BCUT2D eigenvalue weighted by Crippen LogP contribution is -2.87. The van der Waals surface area contributed by atoms with Gasteiger partial charge in [-0.2, -0.15) is 0 Å². The van der Waals surface area contributed by atoms with E-state index in [1.165, 1.54) is 27.8 Å². The topological polar surface area (TPSA) is 36.9 Å². The van der Waals surface area contributed by atoms with Crippen molar-refractivity contribution < 1.29 is 10.1 Å². The number of hydrogen-bond donors (Lipinski definition) is 1. The molecule has 1 atom stereocenters. The molecular weight excluding hydrogens is 344 g/mol. The molecule has 3 heteroatoms. The quantitative estimate of drug-likeness (QED) is 0.735. The van der Waals surface area contributed by atoms with Gasteiger partial charge in [0.2, 0.25) is 0 Å². The first kappa shape index (κ1) is 18.5. The van der Waals surface area contributed by atoms with Gasteiger partial charge in [0.25, 0.3) is 5.91 Å². The lowest BCUT2D eigenvalue weighted by molar-refractivity contribution is -0.677. The summed E-state index contributed by atoms with van der Waals surface area (Å²) in [6, 6.07) is 27.6. The highest BCUT2D eigenvalue weighted by atomic mass is 16.2. The second-order valence-corrected chi connectivity index (χ2v) is 7.57. The van der Waals surface area contributed by atoms with Gasteiger partial charge in [0.15, 0.2) is 6.54 Å². The van der Waals surface area contributed by atoms with Gasteiger partial charge in [-0.15, -0.1) is 0 Å². The van der Waals surface area contributed by atoms with Gasteiger partial charge < -0.3 is 10.2 Å². The number of nitrogens with zero attached hydrogens (tertiary/aromatic N) is 1. The number of amides is 1. The van der Waals surface area contributed by atoms with E-state index in [1.807, 2.05) is 11.0 Å². The first-order valence-corrected chi connectivity index (χ1v) is 10.00. The summed E-state index contributed by atoms with van der Waals surface area (Å²) in [5.41, 5.74) is 6.35. The zero-order valence-electron chi connectivity index (χ0n) is 16.3. The number of fused-ring (bicyclic) bond motifs is 1. The smallest absolute Gasteiger partial charge is 0.278 e. The molecule has 0 spiro atoms. The summed E-state index contributed by atoms with van der Waals surface area (Å²) in [4.78, 5) is 14.9. The largest absolute Gasteiger partial charge is 0.333 e. The summed E-state index contributed by atoms with van der Waals surface area (Å²) < 4.78 is 0. The van der Waals surface area contributed by atoms with Crippen LogP contribution in [-0.2, 0) is 17.8 Å². The van der Waals surface area contributed by atoms with Gasteiger partial charge in [0.05, 0.1) is 0 Å². The maximum Gasteiger partial charge on any atom is 0.278 e. The van der Waals surface area contributed by atoms with E-state index >= 15 is 0 Å². The monoisotopic (exact) mass is 371 g/mol. The molecule has 0 unspecified atom stereocenters. The van der Waals surface area contributed by atoms with Gasteiger partial charge in [0.1, 0.15) is 6.04 Å². The van der Waals surface area contributed by atoms with Crippen LogP contribution in [0.15, 0.2) is 78.9 Å². The van der Waals surface area contributed by atoms with Gasteiger partial charge in [-0.25, -0.2) is 0 Å². The number of carbonyl (C=O) groups excluding carboxylic acids is 1. The first-order valence-electron chi connectivity index (χ1n) is 10.00. The molecule has 0 aromatic heterocycles. The van der Waals surface area contributed by atoms with Crippen LogP contribution < -0.4 is 5.32 Å². The van der Waals surface area contributed by atoms with Crippen LogP contribution in [0, 0.1) is 6.92 Å². The molecule has 1 aliphatic rings. The van der Waals surface area contributed by atoms with Crippen LogP contribution in [-0.4, -0.2) is 23.9 Å². The highest BCUT2D eigenvalue weighted by Crippen LogP contribution is 2.20. The molecule has 0 bridgehead atoms. The van der Waals surface area contributed by atoms with Crippen LogP contribution in [0.3, 0.4) is 0 Å². The van der Waals surface area contributed by atoms with Crippen molar-refractivity contribution in [2.45, 2.75) is 25.9 Å². The Hall–Kier alpha value is -2.91. The zero-order valence-corrected chi connectivity index (χ0v) is 16.3. The predicted octanol–water partition coefficient (Wildman–Crippen LogP) is 3.23. The van der Waals surface area contributed by atoms with E-state index < -0.39 is 0 Å². The molecule has 0 saturated carbocycles. The van der Waals surface area contributed by atoms with Crippen molar-refractivity contribution in [2.75, 3.05) is 13.1 Å². The maximum atomic E-state index is 12.9. The lowest BCUT2D eigenvalue weighted by Gasteiger charge is -2.29. The van der Waals surface area contributed by atoms with E-state index in [2.05, 4.69) is 85.0 Å². The summed E-state index contributed by atoms with van der Waals surface area (Å²) in [6.45, 7) is 4.09. The molecule has 142 valence electrons. The Balaban J connectivity index is 1.47. The second-order valence-electron chi connectivity index (χ2n) is 7.57. The number of benzene rings is 3. The molecule has 0 aliphatic carbocycles. The summed E-state index contributed by atoms with van der Waals surface area (Å²) >= 11 is 0. The van der Waals surface area contributed by atoms with Gasteiger partial charge >= 0.3 is 0 Å². The Morgan fingerprint density at radius 3 is 2.29 bits per heavy atom. The lowest BCUT2D eigenvalue weighted by atomic mass is 9.97. The Morgan fingerprint density at radius 1 is 0.893 bits per heavy atom. The molecule has 3 aromatic carbocycles. The fourth-order valence-corrected chi connectivity index (χ4v) is 3.96. The van der Waals surface area contributed by atoms with E-state index in [0.717, 1.165) is 19.5 Å². The minimum Gasteiger partial charge on any atom is -0.333 e. The molecule has 0 fully saturated rings. The summed E-state index contributed by atoms with van der Waals surface area (Å²) in [5, 5.41) is 2.17. The molecule has 28 heavy (non-hydrogen) atoms. The Morgan fingerprint density at radius 2 is 1.54 bits per heavy atom. The van der Waals surface area contributed by atoms with Gasteiger partial charge in [-0.3, -0.25) is 4.79 Å². The van der Waals surface area contributed by atoms with Crippen molar-refractivity contribution in [3.63, 3.8) is 0 Å². The van der Waals surface area contributed by atoms with Gasteiger partial charge in [-0.05, 0) is 24.5 Å². The van der Waals surface area contributed by atoms with Crippen molar-refractivity contribution in [2.24, 2.45) is 0 Å². The number of carbonyl (C=O) groups is 1. The number of hydrogen-bond acceptors (Lipinski definition) is 1. The van der Waals surface area contributed by atoms with E-state index in [4.69, 9.17) is 0 Å². The van der Waals surface area contributed by atoms with E-state index in [0.29, 0.717) is 6.54 Å². The summed E-state index contributed by atoms with van der Waals surface area (Å²) in [7, 11) is 0. The minimum absolute atomic E-state index is 0.128. The zero-order chi connectivity index (χ0) is 19.3. The fraction of sp³-hybridized carbons (Fsp3) is 0.240. The molecule has 4 rings (SSSR count). The molecule has 0 saturated heterocycles. The molecule has 1 heterocycles. The van der Waals surface area contributed by atoms with E-state index in [-0.39, 0.29) is 11.9 Å². The Labute approximate surface area is 167 Å². The van der Waals surface area contributed by atoms with Gasteiger partial charge in [-0.1, -0.05) is 84.4 Å². The van der Waals surface area contributed by atoms with Crippen LogP contribution in [0.4, 0.5) is 0 Å². The number of quaternary nitrogens is 1. The SMILES string of the molecule is Cc1ccc([C@H]([NH2+]CC(=O)N2CCc3ccccc3C2)c2ccccc2)cc1. The third-order valence-electron chi connectivity index (χ3n) is 5.61. The molecule has 0 radical (unpaired) electrons. The van der Waals surface area contributed by atoms with Crippen molar-refractivity contribution in [1.29, 1.82) is 0 Å². The highest BCUT2D eigenvalue weighted by Gasteiger charge is 2.24. The van der Waals surface area contributed by atoms with Crippen LogP contribution in [0.2, 0.25) is 0 Å². The molecule has 3 nitrogen and oxygen atoms in total. The average molecular weight is 372 g/mol. The average Bonchev–Trinajstić information content (AvgIpc) is 2.75. The molecule has 1 amide bonds. The van der Waals surface area contributed by atoms with Crippen LogP contribution in [0.5, 0.6) is 0 Å². The minimum atomic E-state index is 0.128. The normalized spacial score (nSPS) is 14.4. The number of nitrogens with two attached hydrogens (primary N) is 1. The maximum absolute atomic E-state index is 12.9. The van der Waals surface area contributed by atoms with Crippen molar-refractivity contribution in [3.05, 3.63) is 107 Å². The molecule has 2 N–H and O–H groups in total. The Bertz CT molecular complexity index is 934. The standard InChI is InChI=1S/C25H26N2O/c1-19-11-13-22(14-12-19)25(21-8-3-2-4-9-21)26-17-24(28)27-16-15-20-7-5-6-10-23(20)18-27/h2-14,25-26H,15-18H2,1H3/p+1/t25-/m1/s1. The number of rotatable bonds is 5. The van der Waals surface area contributed by atoms with Crippen molar-refractivity contribution in [1.82, 2.24) is 4.90 Å². The molecule has 3 aromatic rings. The van der Waals surface area contributed by atoms with Crippen LogP contribution in [0.1, 0.15) is 33.9 Å². The second kappa shape index (κ2) is 8.41. The van der Waals surface area contributed by atoms with Crippen LogP contribution in [0.25, 0.3) is 0 Å². The first-order chi connectivity index (χ1) is 13.7. The van der Waals surface area contributed by atoms with Gasteiger partial charge in [0, 0.05) is 24.2 Å². The molecule has 1 aliphatic heterocycles. The van der Waals surface area contributed by atoms with E-state index in [1.54, 1.807) is 0 Å². The van der Waals surface area contributed by atoms with Crippen LogP contribution >= 0.6 is 0 Å². The fourth-order valence-electron chi connectivity index (χ4n) is 3.96. The summed E-state index contributed by atoms with van der Waals surface area (Å²) in [5.74, 6) is 0.211. The third-order valence-corrected chi connectivity index (χ3v) is 5.61. The van der Waals surface area contributed by atoms with E-state index in [9.17, 15) is 4.79 Å². The van der Waals surface area contributed by atoms with Crippen molar-refractivity contribution in [3.8, 4) is 0 Å².